The molecule has 0 saturated heterocycles. The summed E-state index contributed by atoms with van der Waals surface area (Å²) in [5, 5.41) is 22.9. The molecule has 3 N–H and O–H groups in total. The lowest BCUT2D eigenvalue weighted by Crippen LogP contribution is -2.45. The molecule has 0 aliphatic rings. The molecule has 0 saturated carbocycles. The number of aliphatic hydroxyl groups is 2. The molecule has 1 amide bonds. The van der Waals surface area contributed by atoms with E-state index < -0.39 is 12.1 Å². The molecule has 6 nitrogen and oxygen atoms in total. The fourth-order valence-electron chi connectivity index (χ4n) is 6.98. The molecule has 0 heterocycles. The molecule has 0 aliphatic heterocycles. The smallest absolute Gasteiger partial charge is 0.305 e. The van der Waals surface area contributed by atoms with Crippen LogP contribution in [0.15, 0.2) is 12.2 Å². The van der Waals surface area contributed by atoms with Gasteiger partial charge < -0.3 is 20.3 Å². The molecule has 2 unspecified atom stereocenters. The number of nitrogens with one attached hydrogen (secondary N) is 1. The van der Waals surface area contributed by atoms with E-state index in [1.165, 1.54) is 161 Å². The molecular weight excluding hydrogens is 647 g/mol. The van der Waals surface area contributed by atoms with Gasteiger partial charge in [0.2, 0.25) is 5.91 Å². The number of carbonyl (C=O) groups excluding carboxylic acids is 2. The second-order valence-electron chi connectivity index (χ2n) is 15.7. The zero-order valence-corrected chi connectivity index (χ0v) is 34.8. The Bertz CT molecular complexity index is 772. The SMILES string of the molecule is CCCCCCCCCC/C=C/C(O)C(CO)NC(=O)CCCCCCCCCCCCCCCOC(=O)CCCCCCCCCCCCCC. The van der Waals surface area contributed by atoms with Crippen LogP contribution in [0.4, 0.5) is 0 Å². The first-order chi connectivity index (χ1) is 25.5. The van der Waals surface area contributed by atoms with Crippen LogP contribution in [0, 0.1) is 0 Å². The van der Waals surface area contributed by atoms with Gasteiger partial charge in [0.1, 0.15) is 0 Å². The number of aliphatic hydroxyl groups excluding tert-OH is 2. The number of hydrogen-bond acceptors (Lipinski definition) is 5. The van der Waals surface area contributed by atoms with Crippen molar-refractivity contribution in [2.24, 2.45) is 0 Å². The van der Waals surface area contributed by atoms with Crippen LogP contribution >= 0.6 is 0 Å². The summed E-state index contributed by atoms with van der Waals surface area (Å²) in [7, 11) is 0. The molecule has 0 aromatic heterocycles. The van der Waals surface area contributed by atoms with Crippen molar-refractivity contribution in [1.29, 1.82) is 0 Å². The molecule has 0 aromatic carbocycles. The van der Waals surface area contributed by atoms with Gasteiger partial charge in [0.05, 0.1) is 25.4 Å². The number of amides is 1. The maximum Gasteiger partial charge on any atom is 0.305 e. The van der Waals surface area contributed by atoms with Crippen LogP contribution in [0.3, 0.4) is 0 Å². The van der Waals surface area contributed by atoms with E-state index in [0.29, 0.717) is 19.4 Å². The van der Waals surface area contributed by atoms with Crippen LogP contribution < -0.4 is 5.32 Å². The topological polar surface area (TPSA) is 95.9 Å². The van der Waals surface area contributed by atoms with Crippen LogP contribution in [0.5, 0.6) is 0 Å². The number of allylic oxidation sites excluding steroid dienone is 1. The third kappa shape index (κ3) is 38.3. The van der Waals surface area contributed by atoms with Crippen molar-refractivity contribution in [2.45, 2.75) is 257 Å². The van der Waals surface area contributed by atoms with Gasteiger partial charge >= 0.3 is 5.97 Å². The van der Waals surface area contributed by atoms with Crippen molar-refractivity contribution in [2.75, 3.05) is 13.2 Å². The highest BCUT2D eigenvalue weighted by Gasteiger charge is 2.18. The van der Waals surface area contributed by atoms with E-state index in [0.717, 1.165) is 57.8 Å². The molecule has 0 bridgehead atoms. The van der Waals surface area contributed by atoms with Crippen LogP contribution in [0.1, 0.15) is 245 Å². The number of hydrogen-bond donors (Lipinski definition) is 3. The van der Waals surface area contributed by atoms with Crippen molar-refractivity contribution >= 4 is 11.9 Å². The predicted molar refractivity (Wildman–Crippen MR) is 223 cm³/mol. The summed E-state index contributed by atoms with van der Waals surface area (Å²) in [5.74, 6) is -0.0896. The first-order valence-corrected chi connectivity index (χ1v) is 23.0. The Kier molecular flexibility index (Phi) is 41.2. The largest absolute Gasteiger partial charge is 0.466 e. The summed E-state index contributed by atoms with van der Waals surface area (Å²) in [5.41, 5.74) is 0. The van der Waals surface area contributed by atoms with E-state index in [9.17, 15) is 19.8 Å². The standard InChI is InChI=1S/C46H89NO5/c1-3-5-7-9-11-13-15-20-24-28-32-36-40-46(51)52-41-37-33-29-25-21-18-16-17-19-23-27-31-35-39-45(50)47-43(42-48)44(49)38-34-30-26-22-14-12-10-8-6-4-2/h34,38,43-44,48-49H,3-33,35-37,39-42H2,1-2H3,(H,47,50)/b38-34+. The van der Waals surface area contributed by atoms with E-state index in [1.807, 2.05) is 6.08 Å². The molecule has 0 fully saturated rings. The predicted octanol–water partition coefficient (Wildman–Crippen LogP) is 13.0. The van der Waals surface area contributed by atoms with Gasteiger partial charge in [-0.3, -0.25) is 9.59 Å². The summed E-state index contributed by atoms with van der Waals surface area (Å²) in [6.07, 6.45) is 46.2. The summed E-state index contributed by atoms with van der Waals surface area (Å²) < 4.78 is 5.44. The van der Waals surface area contributed by atoms with Gasteiger partial charge in [-0.15, -0.1) is 0 Å². The molecule has 52 heavy (non-hydrogen) atoms. The normalized spacial score (nSPS) is 12.8. The number of carbonyl (C=O) groups is 2. The van der Waals surface area contributed by atoms with Gasteiger partial charge in [-0.2, -0.15) is 0 Å². The molecule has 6 heteroatoms. The van der Waals surface area contributed by atoms with Crippen LogP contribution in [-0.2, 0) is 14.3 Å². The fraction of sp³-hybridized carbons (Fsp3) is 0.913. The number of rotatable bonds is 42. The Morgan fingerprint density at radius 2 is 0.885 bits per heavy atom. The third-order valence-corrected chi connectivity index (χ3v) is 10.6. The second-order valence-corrected chi connectivity index (χ2v) is 15.7. The summed E-state index contributed by atoms with van der Waals surface area (Å²) in [6, 6.07) is -0.634. The lowest BCUT2D eigenvalue weighted by Gasteiger charge is -2.20. The first kappa shape index (κ1) is 50.6. The Labute approximate surface area is 323 Å². The van der Waals surface area contributed by atoms with Gasteiger partial charge in [-0.1, -0.05) is 212 Å². The average Bonchev–Trinajstić information content (AvgIpc) is 3.14. The third-order valence-electron chi connectivity index (χ3n) is 10.6. The quantitative estimate of drug-likeness (QED) is 0.0329. The van der Waals surface area contributed by atoms with E-state index in [1.54, 1.807) is 6.08 Å². The average molecular weight is 736 g/mol. The fourth-order valence-corrected chi connectivity index (χ4v) is 6.98. The summed E-state index contributed by atoms with van der Waals surface area (Å²) in [6.45, 7) is 4.85. The van der Waals surface area contributed by atoms with Crippen molar-refractivity contribution in [3.8, 4) is 0 Å². The first-order valence-electron chi connectivity index (χ1n) is 23.0. The maximum atomic E-state index is 12.3. The Morgan fingerprint density at radius 3 is 1.31 bits per heavy atom. The van der Waals surface area contributed by atoms with Crippen molar-refractivity contribution in [3.63, 3.8) is 0 Å². The van der Waals surface area contributed by atoms with E-state index in [4.69, 9.17) is 4.74 Å². The molecular formula is C46H89NO5. The van der Waals surface area contributed by atoms with E-state index in [2.05, 4.69) is 19.2 Å². The Hall–Kier alpha value is -1.40. The molecule has 0 rings (SSSR count). The van der Waals surface area contributed by atoms with Crippen molar-refractivity contribution < 1.29 is 24.5 Å². The van der Waals surface area contributed by atoms with E-state index >= 15 is 0 Å². The van der Waals surface area contributed by atoms with Gasteiger partial charge in [0, 0.05) is 12.8 Å². The molecule has 0 spiro atoms. The monoisotopic (exact) mass is 736 g/mol. The highest BCUT2D eigenvalue weighted by molar-refractivity contribution is 5.76. The highest BCUT2D eigenvalue weighted by atomic mass is 16.5. The minimum atomic E-state index is -0.849. The summed E-state index contributed by atoms with van der Waals surface area (Å²) >= 11 is 0. The lowest BCUT2D eigenvalue weighted by molar-refractivity contribution is -0.143. The Balaban J connectivity index is 3.46. The molecule has 0 aromatic rings. The minimum absolute atomic E-state index is 0.00686. The molecule has 0 aliphatic carbocycles. The van der Waals surface area contributed by atoms with Gasteiger partial charge in [-0.05, 0) is 32.1 Å². The zero-order valence-electron chi connectivity index (χ0n) is 34.8. The van der Waals surface area contributed by atoms with Gasteiger partial charge in [0.25, 0.3) is 0 Å². The zero-order chi connectivity index (χ0) is 38.0. The maximum absolute atomic E-state index is 12.3. The van der Waals surface area contributed by atoms with Gasteiger partial charge in [-0.25, -0.2) is 0 Å². The van der Waals surface area contributed by atoms with Crippen molar-refractivity contribution in [1.82, 2.24) is 5.32 Å². The highest BCUT2D eigenvalue weighted by Crippen LogP contribution is 2.15. The van der Waals surface area contributed by atoms with Crippen LogP contribution in [0.2, 0.25) is 0 Å². The number of ether oxygens (including phenoxy) is 1. The molecule has 2 atom stereocenters. The van der Waals surface area contributed by atoms with E-state index in [-0.39, 0.29) is 18.5 Å². The number of esters is 1. The van der Waals surface area contributed by atoms with Gasteiger partial charge in [0.15, 0.2) is 0 Å². The summed E-state index contributed by atoms with van der Waals surface area (Å²) in [4.78, 5) is 24.3. The van der Waals surface area contributed by atoms with Crippen LogP contribution in [0.25, 0.3) is 0 Å². The number of unbranched alkanes of at least 4 members (excludes halogenated alkanes) is 31. The van der Waals surface area contributed by atoms with Crippen molar-refractivity contribution in [3.05, 3.63) is 12.2 Å². The Morgan fingerprint density at radius 1 is 0.519 bits per heavy atom. The minimum Gasteiger partial charge on any atom is -0.466 e. The molecule has 0 radical (unpaired) electrons. The second kappa shape index (κ2) is 42.3. The van der Waals surface area contributed by atoms with Crippen LogP contribution in [-0.4, -0.2) is 47.4 Å². The molecule has 308 valence electrons. The lowest BCUT2D eigenvalue weighted by atomic mass is 10.0.